The average Bonchev–Trinajstić information content (AvgIpc) is 3.40. The Labute approximate surface area is 207 Å². The smallest absolute Gasteiger partial charge is 0.271 e. The van der Waals surface area contributed by atoms with E-state index in [0.717, 1.165) is 16.2 Å². The van der Waals surface area contributed by atoms with Crippen LogP contribution in [0.4, 0.5) is 22.7 Å². The molecule has 10 heteroatoms. The lowest BCUT2D eigenvalue weighted by Gasteiger charge is -2.29. The second-order valence-electron chi connectivity index (χ2n) is 8.80. The predicted octanol–water partition coefficient (Wildman–Crippen LogP) is 3.72. The van der Waals surface area contributed by atoms with E-state index in [4.69, 9.17) is 9.57 Å². The number of imide groups is 1. The Kier molecular flexibility index (Phi) is 5.81. The molecule has 36 heavy (non-hydrogen) atoms. The largest absolute Gasteiger partial charge is 0.497 e. The number of benzene rings is 3. The van der Waals surface area contributed by atoms with Crippen LogP contribution in [0.15, 0.2) is 72.8 Å². The van der Waals surface area contributed by atoms with E-state index in [0.29, 0.717) is 17.1 Å². The van der Waals surface area contributed by atoms with Gasteiger partial charge in [0.1, 0.15) is 11.7 Å². The topological polar surface area (TPSA) is 105 Å². The van der Waals surface area contributed by atoms with E-state index in [2.05, 4.69) is 0 Å². The van der Waals surface area contributed by atoms with Gasteiger partial charge in [0.25, 0.3) is 11.6 Å². The maximum absolute atomic E-state index is 13.7. The van der Waals surface area contributed by atoms with Crippen LogP contribution in [-0.2, 0) is 14.4 Å². The van der Waals surface area contributed by atoms with Crippen molar-refractivity contribution in [3.8, 4) is 5.75 Å². The molecular formula is C26H24N4O6. The minimum atomic E-state index is -1.07. The zero-order valence-electron chi connectivity index (χ0n) is 19.9. The fourth-order valence-corrected chi connectivity index (χ4v) is 4.68. The molecule has 0 N–H and O–H groups in total. The van der Waals surface area contributed by atoms with Gasteiger partial charge in [-0.25, -0.2) is 9.96 Å². The predicted molar refractivity (Wildman–Crippen MR) is 133 cm³/mol. The van der Waals surface area contributed by atoms with Crippen molar-refractivity contribution in [1.82, 2.24) is 0 Å². The molecule has 10 nitrogen and oxygen atoms in total. The van der Waals surface area contributed by atoms with Gasteiger partial charge in [0.05, 0.1) is 29.4 Å². The lowest BCUT2D eigenvalue weighted by molar-refractivity contribution is -0.384. The van der Waals surface area contributed by atoms with Gasteiger partial charge in [0.2, 0.25) is 5.91 Å². The van der Waals surface area contributed by atoms with Crippen molar-refractivity contribution >= 4 is 34.6 Å². The Bertz CT molecular complexity index is 1330. The van der Waals surface area contributed by atoms with Crippen LogP contribution in [0.5, 0.6) is 5.75 Å². The standard InChI is InChI=1S/C26H24N4O6/c1-27(2)17-9-7-16(8-10-17)23-22-24(36-29(23)19-5-4-6-20(15-19)30(33)34)26(32)28(25(22)31)18-11-13-21(35-3)14-12-18/h4-15,22-24H,1-3H3/t22-,23-,24+/m0/s1. The molecule has 0 unspecified atom stereocenters. The highest BCUT2D eigenvalue weighted by atomic mass is 16.7. The molecular weight excluding hydrogens is 464 g/mol. The number of anilines is 3. The number of carbonyl (C=O) groups is 2. The molecule has 2 saturated heterocycles. The van der Waals surface area contributed by atoms with E-state index >= 15 is 0 Å². The molecule has 3 aromatic rings. The van der Waals surface area contributed by atoms with Crippen LogP contribution in [0.3, 0.4) is 0 Å². The second-order valence-corrected chi connectivity index (χ2v) is 8.80. The van der Waals surface area contributed by atoms with E-state index in [1.165, 1.54) is 24.3 Å². The maximum atomic E-state index is 13.7. The third-order valence-corrected chi connectivity index (χ3v) is 6.49. The number of fused-ring (bicyclic) bond motifs is 1. The van der Waals surface area contributed by atoms with E-state index < -0.39 is 34.8 Å². The van der Waals surface area contributed by atoms with Gasteiger partial charge in [-0.05, 0) is 48.0 Å². The number of methoxy groups -OCH3 is 1. The molecule has 3 atom stereocenters. The maximum Gasteiger partial charge on any atom is 0.271 e. The third-order valence-electron chi connectivity index (χ3n) is 6.49. The van der Waals surface area contributed by atoms with Gasteiger partial charge in [0, 0.05) is 31.9 Å². The highest BCUT2D eigenvalue weighted by Crippen LogP contribution is 2.48. The number of hydroxylamine groups is 1. The molecule has 2 aliphatic heterocycles. The molecule has 0 aliphatic carbocycles. The van der Waals surface area contributed by atoms with E-state index in [1.54, 1.807) is 36.4 Å². The Hall–Kier alpha value is -4.44. The number of nitrogens with zero attached hydrogens (tertiary/aromatic N) is 4. The van der Waals surface area contributed by atoms with Crippen molar-refractivity contribution in [3.63, 3.8) is 0 Å². The first-order chi connectivity index (χ1) is 17.3. The van der Waals surface area contributed by atoms with E-state index in [9.17, 15) is 19.7 Å². The first-order valence-corrected chi connectivity index (χ1v) is 11.3. The van der Waals surface area contributed by atoms with Crippen molar-refractivity contribution in [3.05, 3.63) is 88.5 Å². The van der Waals surface area contributed by atoms with Crippen LogP contribution in [0.2, 0.25) is 0 Å². The number of nitro benzene ring substituents is 1. The number of nitro groups is 1. The fourth-order valence-electron chi connectivity index (χ4n) is 4.68. The van der Waals surface area contributed by atoms with E-state index in [1.807, 2.05) is 43.3 Å². The van der Waals surface area contributed by atoms with Crippen molar-refractivity contribution in [2.45, 2.75) is 12.1 Å². The monoisotopic (exact) mass is 488 g/mol. The molecule has 2 amide bonds. The first kappa shape index (κ1) is 23.3. The number of hydrogen-bond donors (Lipinski definition) is 0. The summed E-state index contributed by atoms with van der Waals surface area (Å²) in [5, 5.41) is 12.8. The molecule has 2 fully saturated rings. The molecule has 0 saturated carbocycles. The first-order valence-electron chi connectivity index (χ1n) is 11.3. The molecule has 5 rings (SSSR count). The molecule has 0 spiro atoms. The molecule has 2 heterocycles. The van der Waals surface area contributed by atoms with Gasteiger partial charge in [-0.3, -0.25) is 24.5 Å². The highest BCUT2D eigenvalue weighted by Gasteiger charge is 2.60. The van der Waals surface area contributed by atoms with Crippen LogP contribution in [0.1, 0.15) is 11.6 Å². The van der Waals surface area contributed by atoms with Gasteiger partial charge in [0.15, 0.2) is 6.10 Å². The number of ether oxygens (including phenoxy) is 1. The van der Waals surface area contributed by atoms with Gasteiger partial charge in [-0.1, -0.05) is 18.2 Å². The van der Waals surface area contributed by atoms with Crippen LogP contribution < -0.4 is 19.6 Å². The molecule has 184 valence electrons. The zero-order valence-corrected chi connectivity index (χ0v) is 19.9. The van der Waals surface area contributed by atoms with Gasteiger partial charge in [-0.2, -0.15) is 0 Å². The molecule has 0 bridgehead atoms. The summed E-state index contributed by atoms with van der Waals surface area (Å²) in [5.74, 6) is -1.13. The summed E-state index contributed by atoms with van der Waals surface area (Å²) in [7, 11) is 5.38. The fraction of sp³-hybridized carbons (Fsp3) is 0.231. The normalized spacial score (nSPS) is 21.0. The van der Waals surface area contributed by atoms with Crippen molar-refractivity contribution in [2.75, 3.05) is 36.1 Å². The summed E-state index contributed by atoms with van der Waals surface area (Å²) in [4.78, 5) is 47.2. The number of carbonyl (C=O) groups excluding carboxylic acids is 2. The molecule has 0 aromatic heterocycles. The van der Waals surface area contributed by atoms with E-state index in [-0.39, 0.29) is 5.69 Å². The Morgan fingerprint density at radius 1 is 0.944 bits per heavy atom. The zero-order chi connectivity index (χ0) is 25.6. The Morgan fingerprint density at radius 3 is 2.25 bits per heavy atom. The summed E-state index contributed by atoms with van der Waals surface area (Å²) >= 11 is 0. The van der Waals surface area contributed by atoms with Crippen LogP contribution in [-0.4, -0.2) is 44.0 Å². The van der Waals surface area contributed by atoms with Gasteiger partial charge < -0.3 is 9.64 Å². The summed E-state index contributed by atoms with van der Waals surface area (Å²) in [6, 6.07) is 19.5. The molecule has 3 aromatic carbocycles. The van der Waals surface area contributed by atoms with Crippen LogP contribution in [0, 0.1) is 16.0 Å². The van der Waals surface area contributed by atoms with Crippen molar-refractivity contribution in [2.24, 2.45) is 5.92 Å². The number of amides is 2. The molecule has 0 radical (unpaired) electrons. The minimum absolute atomic E-state index is 0.118. The number of hydrogen-bond acceptors (Lipinski definition) is 8. The third kappa shape index (κ3) is 3.81. The summed E-state index contributed by atoms with van der Waals surface area (Å²) in [6.07, 6.45) is -1.07. The van der Waals surface area contributed by atoms with Crippen molar-refractivity contribution < 1.29 is 24.1 Å². The van der Waals surface area contributed by atoms with Crippen molar-refractivity contribution in [1.29, 1.82) is 0 Å². The lowest BCUT2D eigenvalue weighted by atomic mass is 9.90. The quantitative estimate of drug-likeness (QED) is 0.294. The average molecular weight is 489 g/mol. The second kappa shape index (κ2) is 8.97. The van der Waals surface area contributed by atoms with Crippen LogP contribution >= 0.6 is 0 Å². The van der Waals surface area contributed by atoms with Gasteiger partial charge in [-0.15, -0.1) is 0 Å². The Balaban J connectivity index is 1.57. The summed E-state index contributed by atoms with van der Waals surface area (Å²) in [6.45, 7) is 0. The SMILES string of the molecule is COc1ccc(N2C(=O)[C@@H]3[C@@H](ON(c4cccc([N+](=O)[O-])c4)[C@H]3c3ccc(N(C)C)cc3)C2=O)cc1. The highest BCUT2D eigenvalue weighted by molar-refractivity contribution is 6.23. The van der Waals surface area contributed by atoms with Gasteiger partial charge >= 0.3 is 0 Å². The summed E-state index contributed by atoms with van der Waals surface area (Å²) < 4.78 is 5.18. The number of rotatable bonds is 6. The number of non-ortho nitro benzene ring substituents is 1. The minimum Gasteiger partial charge on any atom is -0.497 e. The lowest BCUT2D eigenvalue weighted by Crippen LogP contribution is -2.37. The Morgan fingerprint density at radius 2 is 1.64 bits per heavy atom. The van der Waals surface area contributed by atoms with Crippen LogP contribution in [0.25, 0.3) is 0 Å². The summed E-state index contributed by atoms with van der Waals surface area (Å²) in [5.41, 5.74) is 2.40. The molecule has 2 aliphatic rings.